The van der Waals surface area contributed by atoms with E-state index in [1.807, 2.05) is 25.1 Å². The Morgan fingerprint density at radius 2 is 1.96 bits per heavy atom. The van der Waals surface area contributed by atoms with Crippen LogP contribution in [-0.2, 0) is 13.6 Å². The van der Waals surface area contributed by atoms with Crippen LogP contribution in [0.2, 0.25) is 0 Å². The number of amides is 1. The lowest BCUT2D eigenvalue weighted by Crippen LogP contribution is -2.35. The summed E-state index contributed by atoms with van der Waals surface area (Å²) in [4.78, 5) is 34.4. The fourth-order valence-electron chi connectivity index (χ4n) is 3.63. The highest BCUT2D eigenvalue weighted by atomic mass is 16.2. The zero-order chi connectivity index (χ0) is 20.3. The Balaban J connectivity index is 1.78. The number of pyridine rings is 2. The van der Waals surface area contributed by atoms with Gasteiger partial charge in [-0.1, -0.05) is 6.07 Å². The molecule has 150 valence electrons. The quantitative estimate of drug-likeness (QED) is 0.866. The van der Waals surface area contributed by atoms with Gasteiger partial charge in [0.1, 0.15) is 11.4 Å². The van der Waals surface area contributed by atoms with Crippen molar-refractivity contribution in [1.82, 2.24) is 19.8 Å². The van der Waals surface area contributed by atoms with Crippen molar-refractivity contribution in [2.24, 2.45) is 7.05 Å². The molecule has 0 aromatic carbocycles. The highest BCUT2D eigenvalue weighted by Gasteiger charge is 2.19. The van der Waals surface area contributed by atoms with E-state index in [9.17, 15) is 9.59 Å². The molecule has 7 heteroatoms. The van der Waals surface area contributed by atoms with Crippen LogP contribution in [0.15, 0.2) is 29.2 Å². The van der Waals surface area contributed by atoms with E-state index in [4.69, 9.17) is 0 Å². The number of carbonyl (C=O) groups excluding carboxylic acids is 1. The minimum absolute atomic E-state index is 0.204. The molecule has 0 saturated carbocycles. The molecule has 1 saturated heterocycles. The van der Waals surface area contributed by atoms with Gasteiger partial charge in [-0.2, -0.15) is 0 Å². The molecule has 7 nitrogen and oxygen atoms in total. The number of aromatic nitrogens is 2. The summed E-state index contributed by atoms with van der Waals surface area (Å²) in [7, 11) is 3.82. The summed E-state index contributed by atoms with van der Waals surface area (Å²) in [6.07, 6.45) is 2.87. The minimum atomic E-state index is -0.344. The molecule has 0 atom stereocenters. The van der Waals surface area contributed by atoms with E-state index in [0.29, 0.717) is 12.1 Å². The fourth-order valence-corrected chi connectivity index (χ4v) is 3.63. The van der Waals surface area contributed by atoms with Crippen LogP contribution in [0.1, 0.15) is 33.6 Å². The maximum atomic E-state index is 12.7. The first-order chi connectivity index (χ1) is 13.4. The number of hydrogen-bond donors (Lipinski definition) is 1. The van der Waals surface area contributed by atoms with E-state index in [0.717, 1.165) is 49.7 Å². The first kappa shape index (κ1) is 20.1. The lowest BCUT2D eigenvalue weighted by Gasteiger charge is -2.24. The van der Waals surface area contributed by atoms with E-state index in [1.54, 1.807) is 20.2 Å². The van der Waals surface area contributed by atoms with Crippen LogP contribution in [0, 0.1) is 13.8 Å². The summed E-state index contributed by atoms with van der Waals surface area (Å²) in [6, 6.07) is 5.72. The second kappa shape index (κ2) is 8.56. The highest BCUT2D eigenvalue weighted by molar-refractivity contribution is 5.95. The van der Waals surface area contributed by atoms with Gasteiger partial charge in [0.15, 0.2) is 0 Å². The molecule has 1 amide bonds. The van der Waals surface area contributed by atoms with E-state index in [-0.39, 0.29) is 17.0 Å². The number of likely N-dealkylation sites (N-methyl/N-ethyl adjacent to an activating group) is 1. The molecule has 28 heavy (non-hydrogen) atoms. The number of carbonyl (C=O) groups is 1. The second-order valence-electron chi connectivity index (χ2n) is 7.52. The molecule has 1 aliphatic heterocycles. The summed E-state index contributed by atoms with van der Waals surface area (Å²) in [5.74, 6) is 0.565. The van der Waals surface area contributed by atoms with Gasteiger partial charge < -0.3 is 19.7 Å². The number of nitrogens with zero attached hydrogens (tertiary/aromatic N) is 4. The van der Waals surface area contributed by atoms with Crippen molar-refractivity contribution < 1.29 is 4.79 Å². The third kappa shape index (κ3) is 4.25. The fraction of sp³-hybridized carbons (Fsp3) is 0.476. The van der Waals surface area contributed by atoms with Crippen LogP contribution < -0.4 is 15.8 Å². The number of nitrogens with one attached hydrogen (secondary N) is 1. The molecule has 0 bridgehead atoms. The number of aryl methyl sites for hydroxylation is 2. The molecule has 2 aromatic rings. The number of hydrogen-bond acceptors (Lipinski definition) is 5. The lowest BCUT2D eigenvalue weighted by atomic mass is 10.1. The van der Waals surface area contributed by atoms with Crippen LogP contribution in [0.4, 0.5) is 5.82 Å². The third-order valence-corrected chi connectivity index (χ3v) is 5.42. The Kier molecular flexibility index (Phi) is 6.14. The molecule has 1 N–H and O–H groups in total. The topological polar surface area (TPSA) is 70.5 Å². The molecule has 0 radical (unpaired) electrons. The summed E-state index contributed by atoms with van der Waals surface area (Å²) < 4.78 is 1.51. The van der Waals surface area contributed by atoms with Gasteiger partial charge in [-0.15, -0.1) is 0 Å². The van der Waals surface area contributed by atoms with Gasteiger partial charge in [-0.05, 0) is 51.6 Å². The van der Waals surface area contributed by atoms with Crippen LogP contribution in [0.3, 0.4) is 0 Å². The van der Waals surface area contributed by atoms with Gasteiger partial charge >= 0.3 is 0 Å². The van der Waals surface area contributed by atoms with Gasteiger partial charge in [0.25, 0.3) is 11.5 Å². The summed E-state index contributed by atoms with van der Waals surface area (Å²) in [5, 5.41) is 2.92. The van der Waals surface area contributed by atoms with Crippen molar-refractivity contribution in [3.8, 4) is 0 Å². The second-order valence-corrected chi connectivity index (χ2v) is 7.52. The van der Waals surface area contributed by atoms with E-state index >= 15 is 0 Å². The standard InChI is InChI=1S/C21H29N5O2/c1-15-13-16(2)25(4)21(28)18(15)20(27)23-14-17-7-5-8-22-19(17)26-10-6-9-24(3)11-12-26/h5,7-8,13H,6,9-12,14H2,1-4H3,(H,23,27). The van der Waals surface area contributed by atoms with E-state index in [2.05, 4.69) is 27.1 Å². The summed E-state index contributed by atoms with van der Waals surface area (Å²) in [5.41, 5.74) is 2.42. The Bertz CT molecular complexity index is 921. The summed E-state index contributed by atoms with van der Waals surface area (Å²) in [6.45, 7) is 7.91. The maximum absolute atomic E-state index is 12.7. The van der Waals surface area contributed by atoms with Gasteiger partial charge in [0, 0.05) is 50.7 Å². The van der Waals surface area contributed by atoms with Crippen molar-refractivity contribution in [2.45, 2.75) is 26.8 Å². The van der Waals surface area contributed by atoms with E-state index in [1.165, 1.54) is 4.57 Å². The molecule has 0 aliphatic carbocycles. The molecular weight excluding hydrogens is 354 g/mol. The van der Waals surface area contributed by atoms with Crippen LogP contribution in [0.5, 0.6) is 0 Å². The van der Waals surface area contributed by atoms with Gasteiger partial charge in [0.05, 0.1) is 0 Å². The molecule has 1 aliphatic rings. The Morgan fingerprint density at radius 1 is 1.18 bits per heavy atom. The average Bonchev–Trinajstić information content (AvgIpc) is 2.89. The monoisotopic (exact) mass is 383 g/mol. The van der Waals surface area contributed by atoms with Crippen LogP contribution in [0.25, 0.3) is 0 Å². The predicted octanol–water partition coefficient (Wildman–Crippen LogP) is 1.47. The van der Waals surface area contributed by atoms with Crippen molar-refractivity contribution >= 4 is 11.7 Å². The van der Waals surface area contributed by atoms with Crippen molar-refractivity contribution in [3.63, 3.8) is 0 Å². The van der Waals surface area contributed by atoms with E-state index < -0.39 is 0 Å². The molecule has 1 fully saturated rings. The van der Waals surface area contributed by atoms with Gasteiger partial charge in [-0.3, -0.25) is 9.59 Å². The first-order valence-corrected chi connectivity index (χ1v) is 9.71. The smallest absolute Gasteiger partial charge is 0.263 e. The molecule has 3 heterocycles. The van der Waals surface area contributed by atoms with Gasteiger partial charge in [0.2, 0.25) is 0 Å². The molecule has 3 rings (SSSR count). The zero-order valence-corrected chi connectivity index (χ0v) is 17.2. The maximum Gasteiger partial charge on any atom is 0.263 e. The summed E-state index contributed by atoms with van der Waals surface area (Å²) >= 11 is 0. The molecular formula is C21H29N5O2. The van der Waals surface area contributed by atoms with Crippen molar-refractivity contribution in [3.05, 3.63) is 57.1 Å². The Hall–Kier alpha value is -2.67. The third-order valence-electron chi connectivity index (χ3n) is 5.42. The van der Waals surface area contributed by atoms with Crippen LogP contribution in [-0.4, -0.2) is 53.6 Å². The lowest BCUT2D eigenvalue weighted by molar-refractivity contribution is 0.0948. The van der Waals surface area contributed by atoms with Crippen molar-refractivity contribution in [2.75, 3.05) is 38.1 Å². The molecule has 0 unspecified atom stereocenters. The molecule has 2 aromatic heterocycles. The Morgan fingerprint density at radius 3 is 2.75 bits per heavy atom. The highest BCUT2D eigenvalue weighted by Crippen LogP contribution is 2.19. The van der Waals surface area contributed by atoms with Gasteiger partial charge in [-0.25, -0.2) is 4.98 Å². The average molecular weight is 383 g/mol. The largest absolute Gasteiger partial charge is 0.355 e. The zero-order valence-electron chi connectivity index (χ0n) is 17.2. The molecule has 0 spiro atoms. The predicted molar refractivity (Wildman–Crippen MR) is 111 cm³/mol. The first-order valence-electron chi connectivity index (χ1n) is 9.71. The number of rotatable bonds is 4. The van der Waals surface area contributed by atoms with Crippen LogP contribution >= 0.6 is 0 Å². The normalized spacial score (nSPS) is 15.4. The number of anilines is 1. The Labute approximate surface area is 166 Å². The SMILES string of the molecule is Cc1cc(C)n(C)c(=O)c1C(=O)NCc1cccnc1N1CCCN(C)CC1. The minimum Gasteiger partial charge on any atom is -0.355 e. The van der Waals surface area contributed by atoms with Crippen molar-refractivity contribution in [1.29, 1.82) is 0 Å².